The lowest BCUT2D eigenvalue weighted by molar-refractivity contribution is 0.0105. The van der Waals surface area contributed by atoms with E-state index in [0.29, 0.717) is 0 Å². The molecular formula is C14H9F6N. The van der Waals surface area contributed by atoms with Gasteiger partial charge in [0.2, 0.25) is 0 Å². The van der Waals surface area contributed by atoms with Crippen molar-refractivity contribution in [3.63, 3.8) is 0 Å². The van der Waals surface area contributed by atoms with Crippen molar-refractivity contribution in [2.45, 2.75) is 5.92 Å². The van der Waals surface area contributed by atoms with Crippen molar-refractivity contribution in [2.75, 3.05) is 11.9 Å². The Morgan fingerprint density at radius 1 is 0.857 bits per heavy atom. The highest BCUT2D eigenvalue weighted by Crippen LogP contribution is 2.30. The molecule has 2 rings (SSSR count). The van der Waals surface area contributed by atoms with Gasteiger partial charge in [0.1, 0.15) is 5.69 Å². The van der Waals surface area contributed by atoms with Crippen molar-refractivity contribution >= 4 is 5.69 Å². The zero-order valence-electron chi connectivity index (χ0n) is 10.4. The molecule has 0 aliphatic heterocycles. The Hall–Kier alpha value is -2.18. The molecule has 0 amide bonds. The second kappa shape index (κ2) is 5.67. The van der Waals surface area contributed by atoms with Gasteiger partial charge in [0.25, 0.3) is 5.92 Å². The molecule has 0 bridgehead atoms. The summed E-state index contributed by atoms with van der Waals surface area (Å²) in [4.78, 5) is 0. The van der Waals surface area contributed by atoms with Gasteiger partial charge in [-0.1, -0.05) is 30.3 Å². The number of alkyl halides is 2. The van der Waals surface area contributed by atoms with Crippen molar-refractivity contribution in [3.05, 3.63) is 65.2 Å². The molecule has 0 fully saturated rings. The topological polar surface area (TPSA) is 12.0 Å². The molecule has 0 atom stereocenters. The van der Waals surface area contributed by atoms with E-state index in [9.17, 15) is 26.3 Å². The maximum Gasteiger partial charge on any atom is 0.290 e. The molecule has 21 heavy (non-hydrogen) atoms. The van der Waals surface area contributed by atoms with Crippen LogP contribution >= 0.6 is 0 Å². The minimum absolute atomic E-state index is 0.00514. The average molecular weight is 305 g/mol. The Morgan fingerprint density at radius 3 is 1.90 bits per heavy atom. The normalized spacial score (nSPS) is 11.5. The predicted molar refractivity (Wildman–Crippen MR) is 65.1 cm³/mol. The van der Waals surface area contributed by atoms with Crippen molar-refractivity contribution in [2.24, 2.45) is 0 Å². The first-order chi connectivity index (χ1) is 9.83. The summed E-state index contributed by atoms with van der Waals surface area (Å²) in [6.07, 6.45) is 0. The molecule has 0 unspecified atom stereocenters. The standard InChI is InChI=1S/C14H9F6N/c15-9-6-10(16)12(18)13(11(9)17)21-7-14(19,20)8-4-2-1-3-5-8/h1-6,21H,7H2. The van der Waals surface area contributed by atoms with Crippen LogP contribution in [0.15, 0.2) is 36.4 Å². The molecule has 0 radical (unpaired) electrons. The van der Waals surface area contributed by atoms with Crippen LogP contribution in [0.3, 0.4) is 0 Å². The Morgan fingerprint density at radius 2 is 1.38 bits per heavy atom. The first-order valence-corrected chi connectivity index (χ1v) is 5.83. The second-order valence-electron chi connectivity index (χ2n) is 4.27. The van der Waals surface area contributed by atoms with Crippen molar-refractivity contribution in [3.8, 4) is 0 Å². The number of halogens is 6. The van der Waals surface area contributed by atoms with Gasteiger partial charge in [-0.25, -0.2) is 17.6 Å². The predicted octanol–water partition coefficient (Wildman–Crippen LogP) is 4.45. The number of hydrogen-bond donors (Lipinski definition) is 1. The average Bonchev–Trinajstić information content (AvgIpc) is 2.46. The van der Waals surface area contributed by atoms with Gasteiger partial charge >= 0.3 is 0 Å². The first kappa shape index (κ1) is 15.2. The Labute approximate surface area is 116 Å². The van der Waals surface area contributed by atoms with Crippen LogP contribution < -0.4 is 5.32 Å². The van der Waals surface area contributed by atoms with Crippen LogP contribution in [0, 0.1) is 23.3 Å². The summed E-state index contributed by atoms with van der Waals surface area (Å²) in [5, 5.41) is 1.72. The third-order valence-electron chi connectivity index (χ3n) is 2.80. The second-order valence-corrected chi connectivity index (χ2v) is 4.27. The first-order valence-electron chi connectivity index (χ1n) is 5.83. The van der Waals surface area contributed by atoms with Crippen LogP contribution in [0.2, 0.25) is 0 Å². The fraction of sp³-hybridized carbons (Fsp3) is 0.143. The maximum atomic E-state index is 13.8. The molecule has 0 spiro atoms. The molecule has 0 heterocycles. The van der Waals surface area contributed by atoms with E-state index >= 15 is 0 Å². The maximum absolute atomic E-state index is 13.8. The molecule has 2 aromatic rings. The number of anilines is 1. The summed E-state index contributed by atoms with van der Waals surface area (Å²) in [6.45, 7) is -1.21. The highest BCUT2D eigenvalue weighted by atomic mass is 19.3. The Bertz CT molecular complexity index is 615. The molecule has 0 aliphatic rings. The number of nitrogens with one attached hydrogen (secondary N) is 1. The van der Waals surface area contributed by atoms with Crippen LogP contribution in [0.4, 0.5) is 32.0 Å². The lowest BCUT2D eigenvalue weighted by Crippen LogP contribution is -2.25. The molecule has 2 aromatic carbocycles. The van der Waals surface area contributed by atoms with Gasteiger partial charge in [-0.2, -0.15) is 8.78 Å². The third-order valence-corrected chi connectivity index (χ3v) is 2.80. The summed E-state index contributed by atoms with van der Waals surface area (Å²) >= 11 is 0. The van der Waals surface area contributed by atoms with Crippen LogP contribution in [-0.2, 0) is 5.92 Å². The lowest BCUT2D eigenvalue weighted by Gasteiger charge is -2.18. The van der Waals surface area contributed by atoms with E-state index in [2.05, 4.69) is 0 Å². The summed E-state index contributed by atoms with van der Waals surface area (Å²) in [7, 11) is 0. The van der Waals surface area contributed by atoms with E-state index in [1.807, 2.05) is 0 Å². The van der Waals surface area contributed by atoms with Crippen molar-refractivity contribution < 1.29 is 26.3 Å². The summed E-state index contributed by atoms with van der Waals surface area (Å²) < 4.78 is 80.2. The summed E-state index contributed by atoms with van der Waals surface area (Å²) in [5.74, 6) is -10.3. The smallest absolute Gasteiger partial charge is 0.290 e. The van der Waals surface area contributed by atoms with E-state index < -0.39 is 47.0 Å². The summed E-state index contributed by atoms with van der Waals surface area (Å²) in [6, 6.07) is 6.51. The minimum atomic E-state index is -3.47. The summed E-state index contributed by atoms with van der Waals surface area (Å²) in [5.41, 5.74) is -1.65. The fourth-order valence-corrected chi connectivity index (χ4v) is 1.71. The van der Waals surface area contributed by atoms with E-state index in [0.717, 1.165) is 12.1 Å². The van der Waals surface area contributed by atoms with E-state index in [4.69, 9.17) is 0 Å². The Balaban J connectivity index is 2.24. The minimum Gasteiger partial charge on any atom is -0.374 e. The highest BCUT2D eigenvalue weighted by molar-refractivity contribution is 5.47. The van der Waals surface area contributed by atoms with Gasteiger partial charge in [-0.3, -0.25) is 0 Å². The zero-order valence-corrected chi connectivity index (χ0v) is 10.4. The Kier molecular flexibility index (Phi) is 4.11. The molecule has 0 saturated heterocycles. The van der Waals surface area contributed by atoms with Crippen LogP contribution in [-0.4, -0.2) is 6.54 Å². The third kappa shape index (κ3) is 3.12. The van der Waals surface area contributed by atoms with E-state index in [-0.39, 0.29) is 6.07 Å². The molecule has 0 aliphatic carbocycles. The van der Waals surface area contributed by atoms with E-state index in [1.54, 1.807) is 5.32 Å². The van der Waals surface area contributed by atoms with Gasteiger partial charge in [0.15, 0.2) is 23.3 Å². The molecule has 0 saturated carbocycles. The van der Waals surface area contributed by atoms with Crippen LogP contribution in [0.5, 0.6) is 0 Å². The van der Waals surface area contributed by atoms with Crippen LogP contribution in [0.25, 0.3) is 0 Å². The SMILES string of the molecule is Fc1cc(F)c(F)c(NCC(F)(F)c2ccccc2)c1F. The van der Waals surface area contributed by atoms with Crippen LogP contribution in [0.1, 0.15) is 5.56 Å². The molecule has 112 valence electrons. The molecule has 1 nitrogen and oxygen atoms in total. The molecule has 7 heteroatoms. The van der Waals surface area contributed by atoms with Crippen molar-refractivity contribution in [1.29, 1.82) is 0 Å². The number of rotatable bonds is 4. The lowest BCUT2D eigenvalue weighted by atomic mass is 10.1. The van der Waals surface area contributed by atoms with Gasteiger partial charge < -0.3 is 5.32 Å². The highest BCUT2D eigenvalue weighted by Gasteiger charge is 2.32. The van der Waals surface area contributed by atoms with Gasteiger partial charge in [0.05, 0.1) is 6.54 Å². The molecule has 1 N–H and O–H groups in total. The number of hydrogen-bond acceptors (Lipinski definition) is 1. The van der Waals surface area contributed by atoms with E-state index in [1.165, 1.54) is 18.2 Å². The monoisotopic (exact) mass is 305 g/mol. The van der Waals surface area contributed by atoms with Gasteiger partial charge in [-0.05, 0) is 0 Å². The van der Waals surface area contributed by atoms with Crippen molar-refractivity contribution in [1.82, 2.24) is 0 Å². The molecular weight excluding hydrogens is 296 g/mol. The molecule has 0 aromatic heterocycles. The quantitative estimate of drug-likeness (QED) is 0.650. The number of benzene rings is 2. The van der Waals surface area contributed by atoms with Gasteiger partial charge in [0, 0.05) is 11.6 Å². The zero-order chi connectivity index (χ0) is 15.6. The fourth-order valence-electron chi connectivity index (χ4n) is 1.71. The van der Waals surface area contributed by atoms with Gasteiger partial charge in [-0.15, -0.1) is 0 Å². The largest absolute Gasteiger partial charge is 0.374 e.